The van der Waals surface area contributed by atoms with E-state index in [-0.39, 0.29) is 0 Å². The summed E-state index contributed by atoms with van der Waals surface area (Å²) in [5.41, 5.74) is 11.7. The second-order valence-electron chi connectivity index (χ2n) is 7.17. The molecular formula is C24H24N5S+. The van der Waals surface area contributed by atoms with Gasteiger partial charge in [-0.15, -0.1) is 0 Å². The standard InChI is InChI=1S/C24H24N5S/c1-3-27-15-14-17(19-12-8-9-13-20(19)27)16-21-22-23(30-24(25)26-22)29(28(21)4-2)18-10-6-5-7-11-18/h5-16H,3-4H2,1-2H3,(H2,25,26)/q+1. The van der Waals surface area contributed by atoms with E-state index in [1.807, 2.05) is 6.07 Å². The molecule has 0 saturated heterocycles. The molecule has 0 radical (unpaired) electrons. The molecule has 0 amide bonds. The number of thiazole rings is 1. The highest BCUT2D eigenvalue weighted by atomic mass is 32.1. The molecule has 3 heterocycles. The van der Waals surface area contributed by atoms with Gasteiger partial charge in [-0.25, -0.2) is 9.99 Å². The van der Waals surface area contributed by atoms with Crippen LogP contribution >= 0.6 is 11.3 Å². The van der Waals surface area contributed by atoms with E-state index in [9.17, 15) is 0 Å². The van der Waals surface area contributed by atoms with E-state index < -0.39 is 0 Å². The van der Waals surface area contributed by atoms with Crippen molar-refractivity contribution in [2.75, 3.05) is 17.3 Å². The Balaban J connectivity index is 1.71. The predicted molar refractivity (Wildman–Crippen MR) is 125 cm³/mol. The Hall–Kier alpha value is -3.38. The molecule has 0 bridgehead atoms. The quantitative estimate of drug-likeness (QED) is 0.474. The summed E-state index contributed by atoms with van der Waals surface area (Å²) in [5.74, 6) is 0. The van der Waals surface area contributed by atoms with Crippen molar-refractivity contribution in [3.05, 3.63) is 78.1 Å². The maximum atomic E-state index is 6.13. The molecule has 2 aromatic carbocycles. The highest BCUT2D eigenvalue weighted by molar-refractivity contribution is 7.19. The van der Waals surface area contributed by atoms with Crippen molar-refractivity contribution in [2.24, 2.45) is 0 Å². The monoisotopic (exact) mass is 414 g/mol. The molecule has 0 atom stereocenters. The Labute approximate surface area is 180 Å². The second-order valence-corrected chi connectivity index (χ2v) is 8.18. The number of pyridine rings is 1. The van der Waals surface area contributed by atoms with Gasteiger partial charge in [0.15, 0.2) is 11.3 Å². The van der Waals surface area contributed by atoms with Gasteiger partial charge in [-0.05, 0) is 43.7 Å². The lowest BCUT2D eigenvalue weighted by Gasteiger charge is -2.31. The van der Waals surface area contributed by atoms with E-state index in [2.05, 4.69) is 95.3 Å². The number of rotatable bonds is 4. The fourth-order valence-electron chi connectivity index (χ4n) is 4.12. The molecule has 0 fully saturated rings. The normalized spacial score (nSPS) is 14.7. The lowest BCUT2D eigenvalue weighted by Crippen LogP contribution is -2.33. The zero-order chi connectivity index (χ0) is 20.7. The molecule has 0 saturated carbocycles. The number of hydrogen-bond acceptors (Lipinski definition) is 5. The average Bonchev–Trinajstić information content (AvgIpc) is 3.29. The number of fused-ring (bicyclic) bond motifs is 2. The van der Waals surface area contributed by atoms with Gasteiger partial charge >= 0.3 is 0 Å². The number of hydrogen-bond donors (Lipinski definition) is 1. The van der Waals surface area contributed by atoms with Crippen molar-refractivity contribution in [1.82, 2.24) is 9.99 Å². The zero-order valence-electron chi connectivity index (χ0n) is 17.1. The van der Waals surface area contributed by atoms with E-state index in [1.54, 1.807) is 0 Å². The lowest BCUT2D eigenvalue weighted by atomic mass is 10.1. The minimum Gasteiger partial charge on any atom is -0.375 e. The summed E-state index contributed by atoms with van der Waals surface area (Å²) >= 11 is 1.53. The number of nitrogens with two attached hydrogens (primary N) is 1. The SMILES string of the molecule is CCN1/C(=C/c2cc[n+](CC)c3ccccc23)c2nc(N)sc2N1c1ccccc1. The molecule has 5 nitrogen and oxygen atoms in total. The van der Waals surface area contributed by atoms with E-state index in [4.69, 9.17) is 10.7 Å². The minimum absolute atomic E-state index is 0.587. The molecule has 2 N–H and O–H groups in total. The van der Waals surface area contributed by atoms with Gasteiger partial charge in [0.2, 0.25) is 5.52 Å². The largest absolute Gasteiger partial charge is 0.375 e. The van der Waals surface area contributed by atoms with Gasteiger partial charge in [0, 0.05) is 18.7 Å². The van der Waals surface area contributed by atoms with E-state index in [0.29, 0.717) is 5.13 Å². The first kappa shape index (κ1) is 18.6. The second kappa shape index (κ2) is 7.46. The highest BCUT2D eigenvalue weighted by Crippen LogP contribution is 2.48. The Morgan fingerprint density at radius 1 is 1.03 bits per heavy atom. The topological polar surface area (TPSA) is 49.3 Å². The number of aryl methyl sites for hydroxylation is 1. The number of para-hydroxylation sites is 2. The van der Waals surface area contributed by atoms with Crippen LogP contribution in [0.25, 0.3) is 22.7 Å². The molecule has 1 aliphatic heterocycles. The summed E-state index contributed by atoms with van der Waals surface area (Å²) in [4.78, 5) is 4.70. The first-order valence-corrected chi connectivity index (χ1v) is 11.0. The maximum Gasteiger partial charge on any atom is 0.213 e. The third kappa shape index (κ3) is 2.92. The van der Waals surface area contributed by atoms with Crippen molar-refractivity contribution in [3.8, 4) is 0 Å². The third-order valence-electron chi connectivity index (χ3n) is 5.47. The molecular weight excluding hydrogens is 390 g/mol. The van der Waals surface area contributed by atoms with Gasteiger partial charge in [0.25, 0.3) is 0 Å². The van der Waals surface area contributed by atoms with Crippen molar-refractivity contribution >= 4 is 49.8 Å². The smallest absolute Gasteiger partial charge is 0.213 e. The highest BCUT2D eigenvalue weighted by Gasteiger charge is 2.35. The molecule has 6 heteroatoms. The van der Waals surface area contributed by atoms with E-state index in [1.165, 1.54) is 27.8 Å². The number of nitrogens with zero attached hydrogens (tertiary/aromatic N) is 4. The molecule has 5 rings (SSSR count). The van der Waals surface area contributed by atoms with Crippen LogP contribution in [-0.2, 0) is 6.54 Å². The van der Waals surface area contributed by atoms with Crippen LogP contribution in [0.2, 0.25) is 0 Å². The van der Waals surface area contributed by atoms with Crippen LogP contribution in [0.3, 0.4) is 0 Å². The Morgan fingerprint density at radius 3 is 2.57 bits per heavy atom. The van der Waals surface area contributed by atoms with Crippen molar-refractivity contribution in [2.45, 2.75) is 20.4 Å². The summed E-state index contributed by atoms with van der Waals surface area (Å²) in [6.45, 7) is 6.09. The van der Waals surface area contributed by atoms with Crippen LogP contribution in [0.4, 0.5) is 15.8 Å². The minimum atomic E-state index is 0.587. The molecule has 4 aromatic rings. The Morgan fingerprint density at radius 2 is 1.80 bits per heavy atom. The first-order chi connectivity index (χ1) is 14.7. The van der Waals surface area contributed by atoms with E-state index >= 15 is 0 Å². The molecule has 0 spiro atoms. The van der Waals surface area contributed by atoms with Crippen LogP contribution in [0.15, 0.2) is 66.9 Å². The summed E-state index contributed by atoms with van der Waals surface area (Å²) in [6.07, 6.45) is 4.40. The maximum absolute atomic E-state index is 6.13. The van der Waals surface area contributed by atoms with Crippen LogP contribution in [0.5, 0.6) is 0 Å². The molecule has 30 heavy (non-hydrogen) atoms. The average molecular weight is 415 g/mol. The molecule has 2 aromatic heterocycles. The van der Waals surface area contributed by atoms with Gasteiger partial charge in [0.1, 0.15) is 17.2 Å². The third-order valence-corrected chi connectivity index (χ3v) is 6.33. The fraction of sp³-hybridized carbons (Fsp3) is 0.167. The van der Waals surface area contributed by atoms with Gasteiger partial charge < -0.3 is 5.73 Å². The van der Waals surface area contributed by atoms with Crippen LogP contribution in [0.1, 0.15) is 25.1 Å². The summed E-state index contributed by atoms with van der Waals surface area (Å²) in [6, 6.07) is 21.1. The number of nitrogen functional groups attached to an aromatic ring is 1. The van der Waals surface area contributed by atoms with E-state index in [0.717, 1.165) is 35.2 Å². The van der Waals surface area contributed by atoms with Crippen molar-refractivity contribution in [3.63, 3.8) is 0 Å². The van der Waals surface area contributed by atoms with Crippen LogP contribution in [-0.4, -0.2) is 16.5 Å². The summed E-state index contributed by atoms with van der Waals surface area (Å²) < 4.78 is 2.27. The molecule has 0 unspecified atom stereocenters. The number of benzene rings is 2. The van der Waals surface area contributed by atoms with Crippen molar-refractivity contribution < 1.29 is 4.57 Å². The van der Waals surface area contributed by atoms with Gasteiger partial charge in [0.05, 0.1) is 16.8 Å². The van der Waals surface area contributed by atoms with Crippen LogP contribution < -0.4 is 15.3 Å². The van der Waals surface area contributed by atoms with Gasteiger partial charge in [-0.1, -0.05) is 41.7 Å². The fourth-order valence-corrected chi connectivity index (χ4v) is 4.99. The lowest BCUT2D eigenvalue weighted by molar-refractivity contribution is -0.667. The zero-order valence-corrected chi connectivity index (χ0v) is 17.9. The predicted octanol–water partition coefficient (Wildman–Crippen LogP) is 5.07. The van der Waals surface area contributed by atoms with Crippen molar-refractivity contribution in [1.29, 1.82) is 0 Å². The Bertz CT molecular complexity index is 1250. The van der Waals surface area contributed by atoms with Gasteiger partial charge in [-0.3, -0.25) is 5.01 Å². The number of hydrazine groups is 1. The van der Waals surface area contributed by atoms with Crippen LogP contribution in [0, 0.1) is 0 Å². The van der Waals surface area contributed by atoms with Gasteiger partial charge in [-0.2, -0.15) is 4.57 Å². The molecule has 1 aliphatic rings. The first-order valence-electron chi connectivity index (χ1n) is 10.2. The molecule has 0 aliphatic carbocycles. The number of aromatic nitrogens is 2. The number of anilines is 3. The summed E-state index contributed by atoms with van der Waals surface area (Å²) in [7, 11) is 0. The summed E-state index contributed by atoms with van der Waals surface area (Å²) in [5, 5.41) is 7.39. The Kier molecular flexibility index (Phi) is 4.64. The molecule has 150 valence electrons.